The average molecular weight is 314 g/mol. The standard InChI is InChI=1S/C20H23FO2/c21-19-10-13(6-8-20(19)23)17-9-12-5-7-14(22)11-18(12)16-4-2-1-3-15(16)17/h5,7-8,10-11,13,15-17,22-23H,1-4,6,9H2/t13?,15-,16+,17-/m0/s1. The van der Waals surface area contributed by atoms with Gasteiger partial charge in [-0.15, -0.1) is 0 Å². The van der Waals surface area contributed by atoms with Gasteiger partial charge in [0, 0.05) is 0 Å². The fraction of sp³-hybridized carbons (Fsp3) is 0.500. The van der Waals surface area contributed by atoms with Crippen LogP contribution in [0.4, 0.5) is 4.39 Å². The maximum absolute atomic E-state index is 13.9. The van der Waals surface area contributed by atoms with Gasteiger partial charge in [0.25, 0.3) is 0 Å². The summed E-state index contributed by atoms with van der Waals surface area (Å²) in [5.74, 6) is 1.31. The summed E-state index contributed by atoms with van der Waals surface area (Å²) in [7, 11) is 0. The molecule has 1 saturated carbocycles. The summed E-state index contributed by atoms with van der Waals surface area (Å²) in [6.45, 7) is 0. The molecule has 1 unspecified atom stereocenters. The highest BCUT2D eigenvalue weighted by molar-refractivity contribution is 5.41. The topological polar surface area (TPSA) is 40.5 Å². The number of halogens is 1. The van der Waals surface area contributed by atoms with Gasteiger partial charge in [-0.25, -0.2) is 4.39 Å². The predicted molar refractivity (Wildman–Crippen MR) is 88.0 cm³/mol. The van der Waals surface area contributed by atoms with Crippen LogP contribution in [0.25, 0.3) is 0 Å². The number of allylic oxidation sites excluding steroid dienone is 3. The lowest BCUT2D eigenvalue weighted by Gasteiger charge is -2.45. The molecule has 4 rings (SSSR count). The molecule has 0 aromatic heterocycles. The number of aromatic hydroxyl groups is 1. The fourth-order valence-electron chi connectivity index (χ4n) is 5.03. The average Bonchev–Trinajstić information content (AvgIpc) is 2.57. The van der Waals surface area contributed by atoms with Gasteiger partial charge in [0.2, 0.25) is 0 Å². The Morgan fingerprint density at radius 3 is 2.70 bits per heavy atom. The Bertz CT molecular complexity index is 676. The number of fused-ring (bicyclic) bond motifs is 3. The van der Waals surface area contributed by atoms with Gasteiger partial charge >= 0.3 is 0 Å². The van der Waals surface area contributed by atoms with E-state index in [0.29, 0.717) is 23.5 Å². The first-order valence-electron chi connectivity index (χ1n) is 8.72. The van der Waals surface area contributed by atoms with Crippen LogP contribution in [-0.2, 0) is 6.42 Å². The number of phenols is 1. The Hall–Kier alpha value is -1.77. The zero-order valence-electron chi connectivity index (χ0n) is 13.2. The van der Waals surface area contributed by atoms with Crippen molar-refractivity contribution in [1.29, 1.82) is 0 Å². The van der Waals surface area contributed by atoms with Crippen LogP contribution in [-0.4, -0.2) is 10.2 Å². The minimum Gasteiger partial charge on any atom is -0.508 e. The van der Waals surface area contributed by atoms with E-state index >= 15 is 0 Å². The highest BCUT2D eigenvalue weighted by Gasteiger charge is 2.41. The first kappa shape index (κ1) is 14.8. The fourth-order valence-corrected chi connectivity index (χ4v) is 5.03. The van der Waals surface area contributed by atoms with Crippen LogP contribution in [0.2, 0.25) is 0 Å². The van der Waals surface area contributed by atoms with E-state index in [1.807, 2.05) is 12.1 Å². The number of aliphatic hydroxyl groups excluding tert-OH is 1. The quantitative estimate of drug-likeness (QED) is 0.752. The Morgan fingerprint density at radius 1 is 1.04 bits per heavy atom. The lowest BCUT2D eigenvalue weighted by Crippen LogP contribution is -2.36. The molecule has 23 heavy (non-hydrogen) atoms. The summed E-state index contributed by atoms with van der Waals surface area (Å²) in [6, 6.07) is 5.75. The molecular formula is C20H23FO2. The van der Waals surface area contributed by atoms with Crippen LogP contribution < -0.4 is 0 Å². The van der Waals surface area contributed by atoms with Crippen LogP contribution in [0, 0.1) is 17.8 Å². The van der Waals surface area contributed by atoms with Crippen LogP contribution in [0.15, 0.2) is 41.9 Å². The molecule has 3 heteroatoms. The minimum atomic E-state index is -0.467. The number of hydrogen-bond acceptors (Lipinski definition) is 2. The van der Waals surface area contributed by atoms with E-state index in [-0.39, 0.29) is 11.7 Å². The number of aliphatic hydroxyl groups is 1. The lowest BCUT2D eigenvalue weighted by molar-refractivity contribution is 0.154. The highest BCUT2D eigenvalue weighted by Crippen LogP contribution is 2.51. The highest BCUT2D eigenvalue weighted by atomic mass is 19.1. The molecule has 0 radical (unpaired) electrons. The van der Waals surface area contributed by atoms with Gasteiger partial charge in [-0.3, -0.25) is 0 Å². The van der Waals surface area contributed by atoms with Crippen molar-refractivity contribution in [2.24, 2.45) is 17.8 Å². The van der Waals surface area contributed by atoms with Crippen LogP contribution in [0.3, 0.4) is 0 Å². The van der Waals surface area contributed by atoms with E-state index in [2.05, 4.69) is 0 Å². The number of rotatable bonds is 1. The van der Waals surface area contributed by atoms with Crippen molar-refractivity contribution in [3.63, 3.8) is 0 Å². The summed E-state index contributed by atoms with van der Waals surface area (Å²) in [6.07, 6.45) is 9.76. The van der Waals surface area contributed by atoms with Gasteiger partial charge in [-0.2, -0.15) is 0 Å². The molecule has 0 heterocycles. The van der Waals surface area contributed by atoms with Gasteiger partial charge in [0.05, 0.1) is 0 Å². The monoisotopic (exact) mass is 314 g/mol. The second-order valence-corrected chi connectivity index (χ2v) is 7.31. The molecule has 2 N–H and O–H groups in total. The zero-order chi connectivity index (χ0) is 16.0. The second kappa shape index (κ2) is 5.70. The van der Waals surface area contributed by atoms with Crippen molar-refractivity contribution in [2.75, 3.05) is 0 Å². The summed E-state index contributed by atoms with van der Waals surface area (Å²) in [5, 5.41) is 19.4. The van der Waals surface area contributed by atoms with E-state index in [4.69, 9.17) is 0 Å². The predicted octanol–water partition coefficient (Wildman–Crippen LogP) is 5.15. The van der Waals surface area contributed by atoms with Gasteiger partial charge in [0.15, 0.2) is 5.83 Å². The summed E-state index contributed by atoms with van der Waals surface area (Å²) < 4.78 is 13.9. The van der Waals surface area contributed by atoms with Crippen molar-refractivity contribution >= 4 is 0 Å². The van der Waals surface area contributed by atoms with Crippen LogP contribution >= 0.6 is 0 Å². The molecule has 0 saturated heterocycles. The SMILES string of the molecule is OC1=CCC([C@@H]2Cc3ccc(O)cc3[C@@H]3CCCC[C@@H]32)C=C1F. The lowest BCUT2D eigenvalue weighted by atomic mass is 9.59. The van der Waals surface area contributed by atoms with E-state index in [0.717, 1.165) is 19.3 Å². The number of phenolic OH excluding ortho intramolecular Hbond substituents is 1. The van der Waals surface area contributed by atoms with E-state index in [1.54, 1.807) is 18.2 Å². The Balaban J connectivity index is 1.70. The molecule has 3 aliphatic rings. The molecule has 2 nitrogen and oxygen atoms in total. The zero-order valence-corrected chi connectivity index (χ0v) is 13.2. The molecule has 0 bridgehead atoms. The van der Waals surface area contributed by atoms with E-state index < -0.39 is 5.83 Å². The van der Waals surface area contributed by atoms with Crippen molar-refractivity contribution < 1.29 is 14.6 Å². The van der Waals surface area contributed by atoms with Crippen molar-refractivity contribution in [2.45, 2.75) is 44.4 Å². The molecule has 122 valence electrons. The molecule has 1 fully saturated rings. The molecule has 3 aliphatic carbocycles. The molecule has 0 amide bonds. The van der Waals surface area contributed by atoms with Crippen molar-refractivity contribution in [3.8, 4) is 5.75 Å². The molecule has 1 aromatic rings. The summed E-state index contributed by atoms with van der Waals surface area (Å²) in [5.41, 5.74) is 2.62. The molecule has 4 atom stereocenters. The van der Waals surface area contributed by atoms with Gasteiger partial charge in [-0.05, 0) is 84.8 Å². The molecule has 0 spiro atoms. The first-order valence-corrected chi connectivity index (χ1v) is 8.72. The maximum Gasteiger partial charge on any atom is 0.160 e. The van der Waals surface area contributed by atoms with E-state index in [9.17, 15) is 14.6 Å². The second-order valence-electron chi connectivity index (χ2n) is 7.31. The number of benzene rings is 1. The van der Waals surface area contributed by atoms with Crippen LogP contribution in [0.1, 0.15) is 49.1 Å². The third-order valence-electron chi connectivity index (χ3n) is 6.09. The van der Waals surface area contributed by atoms with Crippen molar-refractivity contribution in [3.05, 3.63) is 53.1 Å². The van der Waals surface area contributed by atoms with Gasteiger partial charge in [0.1, 0.15) is 11.5 Å². The first-order chi connectivity index (χ1) is 11.1. The Labute approximate surface area is 136 Å². The summed E-state index contributed by atoms with van der Waals surface area (Å²) >= 11 is 0. The largest absolute Gasteiger partial charge is 0.508 e. The van der Waals surface area contributed by atoms with Crippen molar-refractivity contribution in [1.82, 2.24) is 0 Å². The molecule has 1 aromatic carbocycles. The molecular weight excluding hydrogens is 291 g/mol. The summed E-state index contributed by atoms with van der Waals surface area (Å²) in [4.78, 5) is 0. The van der Waals surface area contributed by atoms with Gasteiger partial charge < -0.3 is 10.2 Å². The maximum atomic E-state index is 13.9. The minimum absolute atomic E-state index is 0.165. The Morgan fingerprint density at radius 2 is 1.87 bits per heavy atom. The smallest absolute Gasteiger partial charge is 0.160 e. The molecule has 0 aliphatic heterocycles. The normalized spacial score (nSPS) is 33.3. The van der Waals surface area contributed by atoms with E-state index in [1.165, 1.54) is 30.4 Å². The third-order valence-corrected chi connectivity index (χ3v) is 6.09. The number of hydrogen-bond donors (Lipinski definition) is 2. The third kappa shape index (κ3) is 2.56. The van der Waals surface area contributed by atoms with Gasteiger partial charge in [-0.1, -0.05) is 18.9 Å². The van der Waals surface area contributed by atoms with Crippen LogP contribution in [0.5, 0.6) is 5.75 Å². The Kier molecular flexibility index (Phi) is 3.67.